The largest absolute Gasteiger partial charge is 0.481 e. The van der Waals surface area contributed by atoms with Crippen LogP contribution in [0.15, 0.2) is 0 Å². The van der Waals surface area contributed by atoms with Crippen molar-refractivity contribution in [1.29, 1.82) is 0 Å². The van der Waals surface area contributed by atoms with E-state index in [4.69, 9.17) is 15.0 Å². The minimum absolute atomic E-state index is 0.0509. The second kappa shape index (κ2) is 5.56. The highest BCUT2D eigenvalue weighted by Gasteiger charge is 2.28. The van der Waals surface area contributed by atoms with E-state index in [1.54, 1.807) is 0 Å². The van der Waals surface area contributed by atoms with E-state index in [2.05, 4.69) is 0 Å². The molecule has 0 radical (unpaired) electrons. The molecule has 0 aromatic carbocycles. The van der Waals surface area contributed by atoms with Gasteiger partial charge in [-0.3, -0.25) is 9.59 Å². The van der Waals surface area contributed by atoms with Crippen LogP contribution in [-0.4, -0.2) is 22.2 Å². The van der Waals surface area contributed by atoms with Crippen molar-refractivity contribution in [2.75, 3.05) is 0 Å². The normalized spacial score (nSPS) is 26.0. The first-order valence-electron chi connectivity index (χ1n) is 4.37. The molecule has 1 aliphatic rings. The van der Waals surface area contributed by atoms with Gasteiger partial charge in [0.15, 0.2) is 0 Å². The molecular weight excluding hydrogens is 172 g/mol. The molecule has 1 fully saturated rings. The van der Waals surface area contributed by atoms with E-state index in [0.717, 1.165) is 26.2 Å². The molecule has 0 amide bonds. The van der Waals surface area contributed by atoms with Crippen molar-refractivity contribution in [3.05, 3.63) is 0 Å². The lowest BCUT2D eigenvalue weighted by molar-refractivity contribution is -0.142. The number of rotatable bonds is 1. The van der Waals surface area contributed by atoms with E-state index >= 15 is 0 Å². The maximum Gasteiger partial charge on any atom is 0.306 e. The molecule has 0 aliphatic heterocycles. The highest BCUT2D eigenvalue weighted by Crippen LogP contribution is 2.30. The molecule has 76 valence electrons. The molecule has 13 heavy (non-hydrogen) atoms. The Morgan fingerprint density at radius 1 is 1.23 bits per heavy atom. The van der Waals surface area contributed by atoms with Crippen LogP contribution in [0.1, 0.15) is 33.1 Å². The number of hydrogen-bond acceptors (Lipinski definition) is 2. The summed E-state index contributed by atoms with van der Waals surface area (Å²) in [6.45, 7) is 3.10. The summed E-state index contributed by atoms with van der Waals surface area (Å²) in [4.78, 5) is 19.4. The summed E-state index contributed by atoms with van der Waals surface area (Å²) in [7, 11) is 0. The summed E-state index contributed by atoms with van der Waals surface area (Å²) in [6.07, 6.45) is 3.08. The van der Waals surface area contributed by atoms with Gasteiger partial charge in [0.05, 0.1) is 5.92 Å². The van der Waals surface area contributed by atoms with Gasteiger partial charge >= 0.3 is 5.97 Å². The van der Waals surface area contributed by atoms with Crippen molar-refractivity contribution < 1.29 is 19.8 Å². The second-order valence-electron chi connectivity index (χ2n) is 3.37. The lowest BCUT2D eigenvalue weighted by atomic mass is 9.99. The highest BCUT2D eigenvalue weighted by molar-refractivity contribution is 5.70. The van der Waals surface area contributed by atoms with Crippen LogP contribution in [0, 0.1) is 11.8 Å². The topological polar surface area (TPSA) is 74.6 Å². The fourth-order valence-electron chi connectivity index (χ4n) is 1.51. The number of hydrogen-bond donors (Lipinski definition) is 2. The number of carboxylic acid groups (broad SMARTS) is 2. The molecule has 1 saturated carbocycles. The van der Waals surface area contributed by atoms with Gasteiger partial charge in [-0.2, -0.15) is 0 Å². The summed E-state index contributed by atoms with van der Waals surface area (Å²) in [6, 6.07) is 0. The first kappa shape index (κ1) is 11.9. The SMILES string of the molecule is CC(=O)O.C[C@H]1CCCC1C(=O)O. The Balaban J connectivity index is 0.000000310. The van der Waals surface area contributed by atoms with Crippen LogP contribution in [0.4, 0.5) is 0 Å². The van der Waals surface area contributed by atoms with E-state index in [1.165, 1.54) is 0 Å². The quantitative estimate of drug-likeness (QED) is 0.655. The van der Waals surface area contributed by atoms with Crippen molar-refractivity contribution >= 4 is 11.9 Å². The Hall–Kier alpha value is -1.06. The zero-order valence-electron chi connectivity index (χ0n) is 7.99. The predicted molar refractivity (Wildman–Crippen MR) is 47.5 cm³/mol. The Labute approximate surface area is 77.6 Å². The average Bonchev–Trinajstić information content (AvgIpc) is 2.33. The Kier molecular flexibility index (Phi) is 5.11. The van der Waals surface area contributed by atoms with Gasteiger partial charge in [0.1, 0.15) is 0 Å². The summed E-state index contributed by atoms with van der Waals surface area (Å²) in [5.41, 5.74) is 0. The fraction of sp³-hybridized carbons (Fsp3) is 0.778. The fourth-order valence-corrected chi connectivity index (χ4v) is 1.51. The van der Waals surface area contributed by atoms with Crippen molar-refractivity contribution in [2.24, 2.45) is 11.8 Å². The molecule has 4 nitrogen and oxygen atoms in total. The predicted octanol–water partition coefficient (Wildman–Crippen LogP) is 1.60. The zero-order valence-corrected chi connectivity index (χ0v) is 7.99. The van der Waals surface area contributed by atoms with Gasteiger partial charge in [-0.05, 0) is 18.8 Å². The van der Waals surface area contributed by atoms with Crippen LogP contribution in [0.25, 0.3) is 0 Å². The van der Waals surface area contributed by atoms with Crippen LogP contribution in [0.3, 0.4) is 0 Å². The first-order valence-corrected chi connectivity index (χ1v) is 4.37. The summed E-state index contributed by atoms with van der Waals surface area (Å²) < 4.78 is 0. The second-order valence-corrected chi connectivity index (χ2v) is 3.37. The molecule has 2 atom stereocenters. The highest BCUT2D eigenvalue weighted by atomic mass is 16.4. The Morgan fingerprint density at radius 2 is 1.69 bits per heavy atom. The van der Waals surface area contributed by atoms with Crippen LogP contribution >= 0.6 is 0 Å². The molecule has 2 N–H and O–H groups in total. The summed E-state index contributed by atoms with van der Waals surface area (Å²) in [5, 5.41) is 16.0. The zero-order chi connectivity index (χ0) is 10.4. The smallest absolute Gasteiger partial charge is 0.306 e. The number of aliphatic carboxylic acids is 2. The van der Waals surface area contributed by atoms with E-state index < -0.39 is 11.9 Å². The van der Waals surface area contributed by atoms with Crippen LogP contribution in [-0.2, 0) is 9.59 Å². The molecule has 0 saturated heterocycles. The van der Waals surface area contributed by atoms with Crippen molar-refractivity contribution in [3.8, 4) is 0 Å². The van der Waals surface area contributed by atoms with Gasteiger partial charge < -0.3 is 10.2 Å². The molecule has 1 aliphatic carbocycles. The first-order chi connectivity index (χ1) is 5.95. The van der Waals surface area contributed by atoms with Gasteiger partial charge in [0, 0.05) is 6.92 Å². The molecular formula is C9H16O4. The molecule has 0 aromatic heterocycles. The van der Waals surface area contributed by atoms with Gasteiger partial charge in [-0.15, -0.1) is 0 Å². The Bertz CT molecular complexity index is 184. The van der Waals surface area contributed by atoms with Gasteiger partial charge in [-0.25, -0.2) is 0 Å². The third-order valence-electron chi connectivity index (χ3n) is 2.18. The maximum atomic E-state index is 10.4. The monoisotopic (exact) mass is 188 g/mol. The average molecular weight is 188 g/mol. The minimum Gasteiger partial charge on any atom is -0.481 e. The van der Waals surface area contributed by atoms with Crippen molar-refractivity contribution in [1.82, 2.24) is 0 Å². The molecule has 0 spiro atoms. The van der Waals surface area contributed by atoms with E-state index in [-0.39, 0.29) is 5.92 Å². The van der Waals surface area contributed by atoms with E-state index in [9.17, 15) is 4.79 Å². The minimum atomic E-state index is -0.833. The summed E-state index contributed by atoms with van der Waals surface area (Å²) in [5.74, 6) is -1.09. The van der Waals surface area contributed by atoms with E-state index in [0.29, 0.717) is 5.92 Å². The van der Waals surface area contributed by atoms with E-state index in [1.807, 2.05) is 6.92 Å². The summed E-state index contributed by atoms with van der Waals surface area (Å²) >= 11 is 0. The van der Waals surface area contributed by atoms with Crippen LogP contribution in [0.2, 0.25) is 0 Å². The standard InChI is InChI=1S/C7H12O2.C2H4O2/c1-5-3-2-4-6(5)7(8)9;1-2(3)4/h5-6H,2-4H2,1H3,(H,8,9);1H3,(H,3,4)/t5-,6?;/m0./s1. The Morgan fingerprint density at radius 3 is 1.85 bits per heavy atom. The lowest BCUT2D eigenvalue weighted by Crippen LogP contribution is -2.15. The molecule has 0 heterocycles. The van der Waals surface area contributed by atoms with Gasteiger partial charge in [-0.1, -0.05) is 13.3 Å². The third-order valence-corrected chi connectivity index (χ3v) is 2.18. The van der Waals surface area contributed by atoms with Crippen LogP contribution < -0.4 is 0 Å². The molecule has 1 unspecified atom stereocenters. The molecule has 1 rings (SSSR count). The van der Waals surface area contributed by atoms with Gasteiger partial charge in [0.25, 0.3) is 5.97 Å². The lowest BCUT2D eigenvalue weighted by Gasteiger charge is -2.07. The van der Waals surface area contributed by atoms with Crippen LogP contribution in [0.5, 0.6) is 0 Å². The maximum absolute atomic E-state index is 10.4. The number of carboxylic acids is 2. The van der Waals surface area contributed by atoms with Crippen molar-refractivity contribution in [3.63, 3.8) is 0 Å². The third kappa shape index (κ3) is 5.22. The molecule has 4 heteroatoms. The number of carbonyl (C=O) groups is 2. The molecule has 0 aromatic rings. The van der Waals surface area contributed by atoms with Crippen molar-refractivity contribution in [2.45, 2.75) is 33.1 Å². The van der Waals surface area contributed by atoms with Gasteiger partial charge in [0.2, 0.25) is 0 Å². The molecule has 0 bridgehead atoms.